The van der Waals surface area contributed by atoms with Crippen molar-refractivity contribution in [2.45, 2.75) is 20.8 Å². The highest BCUT2D eigenvalue weighted by Crippen LogP contribution is 1.98. The molecule has 0 atom stereocenters. The third-order valence-corrected chi connectivity index (χ3v) is 1.42. The zero-order valence-electron chi connectivity index (χ0n) is 10.3. The Balaban J connectivity index is 0. The molecule has 0 heterocycles. The van der Waals surface area contributed by atoms with Crippen molar-refractivity contribution in [1.82, 2.24) is 0 Å². The molecule has 0 rings (SSSR count). The second kappa shape index (κ2) is 12.7. The topological polar surface area (TPSA) is 35.2 Å². The zero-order valence-corrected chi connectivity index (χ0v) is 10.3. The summed E-state index contributed by atoms with van der Waals surface area (Å²) in [7, 11) is 1.68. The van der Waals surface area contributed by atoms with E-state index in [1.165, 1.54) is 0 Å². The first-order chi connectivity index (χ1) is 7.12. The molecule has 2 heteroatoms. The van der Waals surface area contributed by atoms with E-state index in [2.05, 4.69) is 11.3 Å². The normalized spacial score (nSPS) is 12.3. The van der Waals surface area contributed by atoms with Crippen LogP contribution in [0.2, 0.25) is 0 Å². The summed E-state index contributed by atoms with van der Waals surface area (Å²) in [5.74, 6) is 0. The van der Waals surface area contributed by atoms with Crippen molar-refractivity contribution in [3.05, 3.63) is 48.2 Å². The van der Waals surface area contributed by atoms with E-state index in [1.807, 2.05) is 45.1 Å². The molecular formula is C13H23NO. The van der Waals surface area contributed by atoms with Gasteiger partial charge in [0.15, 0.2) is 0 Å². The summed E-state index contributed by atoms with van der Waals surface area (Å²) in [6, 6.07) is 0. The second-order valence-corrected chi connectivity index (χ2v) is 2.86. The van der Waals surface area contributed by atoms with Gasteiger partial charge in [-0.1, -0.05) is 30.9 Å². The fraction of sp³-hybridized carbons (Fsp3) is 0.385. The van der Waals surface area contributed by atoms with Gasteiger partial charge in [-0.2, -0.15) is 0 Å². The van der Waals surface area contributed by atoms with Crippen LogP contribution in [0.25, 0.3) is 0 Å². The van der Waals surface area contributed by atoms with Crippen molar-refractivity contribution in [2.24, 2.45) is 5.73 Å². The minimum atomic E-state index is 0.800. The van der Waals surface area contributed by atoms with Crippen LogP contribution in [-0.2, 0) is 4.74 Å². The lowest BCUT2D eigenvalue weighted by Crippen LogP contribution is -1.88. The Kier molecular flexibility index (Phi) is 13.7. The highest BCUT2D eigenvalue weighted by atomic mass is 16.5. The van der Waals surface area contributed by atoms with Gasteiger partial charge in [-0.25, -0.2) is 0 Å². The van der Waals surface area contributed by atoms with Gasteiger partial charge in [0.05, 0.1) is 0 Å². The van der Waals surface area contributed by atoms with Gasteiger partial charge in [0.1, 0.15) is 0 Å². The van der Waals surface area contributed by atoms with E-state index in [1.54, 1.807) is 13.2 Å². The molecule has 0 aromatic rings. The van der Waals surface area contributed by atoms with Gasteiger partial charge in [-0.3, -0.25) is 0 Å². The summed E-state index contributed by atoms with van der Waals surface area (Å²) < 4.78 is 4.54. The quantitative estimate of drug-likeness (QED) is 0.722. The molecule has 86 valence electrons. The van der Waals surface area contributed by atoms with E-state index in [4.69, 9.17) is 5.73 Å². The molecule has 0 aliphatic carbocycles. The molecule has 0 aliphatic rings. The van der Waals surface area contributed by atoms with Gasteiger partial charge >= 0.3 is 0 Å². The fourth-order valence-electron chi connectivity index (χ4n) is 0.612. The highest BCUT2D eigenvalue weighted by molar-refractivity contribution is 5.32. The van der Waals surface area contributed by atoms with Crippen LogP contribution < -0.4 is 5.73 Å². The predicted octanol–water partition coefficient (Wildman–Crippen LogP) is 3.19. The van der Waals surface area contributed by atoms with Crippen LogP contribution in [0.3, 0.4) is 0 Å². The molecular weight excluding hydrogens is 186 g/mol. The number of hydrogen-bond acceptors (Lipinski definition) is 2. The maximum absolute atomic E-state index is 5.45. The van der Waals surface area contributed by atoms with E-state index in [0.717, 1.165) is 17.9 Å². The zero-order chi connectivity index (χ0) is 12.1. The van der Waals surface area contributed by atoms with Crippen LogP contribution in [0.4, 0.5) is 0 Å². The van der Waals surface area contributed by atoms with E-state index < -0.39 is 0 Å². The van der Waals surface area contributed by atoms with Gasteiger partial charge in [-0.05, 0) is 32.4 Å². The Morgan fingerprint density at radius 3 is 2.20 bits per heavy atom. The van der Waals surface area contributed by atoms with Gasteiger partial charge < -0.3 is 10.5 Å². The molecule has 0 amide bonds. The summed E-state index contributed by atoms with van der Waals surface area (Å²) in [5, 5.41) is 0. The van der Waals surface area contributed by atoms with Gasteiger partial charge in [0, 0.05) is 19.4 Å². The Morgan fingerprint density at radius 2 is 1.93 bits per heavy atom. The molecule has 2 nitrogen and oxygen atoms in total. The lowest BCUT2D eigenvalue weighted by Gasteiger charge is -1.89. The Hall–Kier alpha value is -1.28. The summed E-state index contributed by atoms with van der Waals surface area (Å²) in [4.78, 5) is 0. The minimum Gasteiger partial charge on any atom is -0.402 e. The van der Waals surface area contributed by atoms with Crippen molar-refractivity contribution >= 4 is 0 Å². The lowest BCUT2D eigenvalue weighted by molar-refractivity contribution is 0.215. The minimum absolute atomic E-state index is 0.800. The summed E-state index contributed by atoms with van der Waals surface area (Å²) in [5.41, 5.74) is 7.32. The van der Waals surface area contributed by atoms with Gasteiger partial charge in [0.2, 0.25) is 0 Å². The summed E-state index contributed by atoms with van der Waals surface area (Å²) >= 11 is 0. The van der Waals surface area contributed by atoms with Crippen molar-refractivity contribution < 1.29 is 4.74 Å². The van der Waals surface area contributed by atoms with Crippen LogP contribution in [-0.4, -0.2) is 13.7 Å². The van der Waals surface area contributed by atoms with Crippen LogP contribution in [0.1, 0.15) is 20.8 Å². The molecule has 0 bridgehead atoms. The monoisotopic (exact) mass is 209 g/mol. The summed E-state index contributed by atoms with van der Waals surface area (Å²) in [6.45, 7) is 10.3. The number of hydrogen-bond donors (Lipinski definition) is 1. The van der Waals surface area contributed by atoms with Crippen LogP contribution in [0, 0.1) is 0 Å². The Bertz CT molecular complexity index is 231. The number of allylic oxidation sites excluding steroid dienone is 7. The molecule has 0 saturated heterocycles. The third-order valence-electron chi connectivity index (χ3n) is 1.42. The molecule has 0 unspecified atom stereocenters. The molecule has 2 N–H and O–H groups in total. The smallest absolute Gasteiger partial charge is 0.0433 e. The van der Waals surface area contributed by atoms with Crippen molar-refractivity contribution in [2.75, 3.05) is 13.7 Å². The number of nitrogens with two attached hydrogens (primary N) is 1. The summed E-state index contributed by atoms with van der Waals surface area (Å²) in [6.07, 6.45) is 9.53. The first-order valence-electron chi connectivity index (χ1n) is 5.00. The maximum atomic E-state index is 5.45. The van der Waals surface area contributed by atoms with E-state index in [0.29, 0.717) is 0 Å². The fourth-order valence-corrected chi connectivity index (χ4v) is 0.612. The molecule has 0 saturated carbocycles. The maximum Gasteiger partial charge on any atom is 0.0433 e. The van der Waals surface area contributed by atoms with Crippen molar-refractivity contribution in [1.29, 1.82) is 0 Å². The molecule has 0 fully saturated rings. The number of rotatable bonds is 4. The predicted molar refractivity (Wildman–Crippen MR) is 68.6 cm³/mol. The molecule has 0 aliphatic heterocycles. The van der Waals surface area contributed by atoms with Gasteiger partial charge in [-0.15, -0.1) is 0 Å². The average molecular weight is 209 g/mol. The first kappa shape index (κ1) is 16.2. The van der Waals surface area contributed by atoms with Crippen LogP contribution in [0.15, 0.2) is 48.2 Å². The first-order valence-corrected chi connectivity index (χ1v) is 5.00. The van der Waals surface area contributed by atoms with E-state index in [-0.39, 0.29) is 0 Å². The highest BCUT2D eigenvalue weighted by Gasteiger charge is 1.79. The Morgan fingerprint density at radius 1 is 1.40 bits per heavy atom. The van der Waals surface area contributed by atoms with Gasteiger partial charge in [0.25, 0.3) is 0 Å². The number of ether oxygens (including phenoxy) is 1. The second-order valence-electron chi connectivity index (χ2n) is 2.86. The molecule has 0 aromatic heterocycles. The Labute approximate surface area is 93.8 Å². The van der Waals surface area contributed by atoms with Crippen LogP contribution in [0.5, 0.6) is 0 Å². The average Bonchev–Trinajstić information content (AvgIpc) is 2.24. The largest absolute Gasteiger partial charge is 0.402 e. The van der Waals surface area contributed by atoms with Crippen molar-refractivity contribution in [3.63, 3.8) is 0 Å². The molecule has 0 radical (unpaired) electrons. The third kappa shape index (κ3) is 15.5. The standard InChI is InChI=1S/C10H15N.C3H8O/c1-4-6-10(5-2)8-7-9(3)11;1-3-4-2/h4-8H,2,11H2,1,3H3;3H2,1-2H3/b6-4-,9-7+,10-8-;. The van der Waals surface area contributed by atoms with Crippen molar-refractivity contribution in [3.8, 4) is 0 Å². The molecule has 0 spiro atoms. The SMILES string of the molecule is C=CC(/C=C\C)=C/C=C(\C)N.CCOC. The molecule has 0 aromatic carbocycles. The lowest BCUT2D eigenvalue weighted by atomic mass is 10.2. The van der Waals surface area contributed by atoms with E-state index >= 15 is 0 Å². The number of methoxy groups -OCH3 is 1. The van der Waals surface area contributed by atoms with E-state index in [9.17, 15) is 0 Å². The van der Waals surface area contributed by atoms with Crippen LogP contribution >= 0.6 is 0 Å². The molecule has 15 heavy (non-hydrogen) atoms.